The number of nitrogens with zero attached hydrogens (tertiary/aromatic N) is 3. The number of benzene rings is 2. The fourth-order valence-corrected chi connectivity index (χ4v) is 3.47. The molecule has 1 aromatic heterocycles. The van der Waals surface area contributed by atoms with Crippen LogP contribution in [0.15, 0.2) is 68.7 Å². The Morgan fingerprint density at radius 1 is 1.15 bits per heavy atom. The molecule has 2 aromatic carbocycles. The Kier molecular flexibility index (Phi) is 6.11. The number of halogens is 1. The quantitative estimate of drug-likeness (QED) is 0.512. The number of carbonyl (C=O) groups excluding carboxylic acids is 1. The van der Waals surface area contributed by atoms with Gasteiger partial charge in [-0.2, -0.15) is 0 Å². The van der Waals surface area contributed by atoms with E-state index in [-0.39, 0.29) is 11.2 Å². The van der Waals surface area contributed by atoms with E-state index in [1.807, 2.05) is 68.4 Å². The molecule has 3 rings (SSSR count). The largest absolute Gasteiger partial charge is 0.411 e. The van der Waals surface area contributed by atoms with E-state index in [9.17, 15) is 4.79 Å². The lowest BCUT2D eigenvalue weighted by molar-refractivity contribution is -0.117. The molecule has 0 bridgehead atoms. The highest BCUT2D eigenvalue weighted by Gasteiger charge is 2.24. The maximum absolute atomic E-state index is 12.8. The van der Waals surface area contributed by atoms with Crippen LogP contribution in [0.2, 0.25) is 0 Å². The molecule has 0 aliphatic rings. The molecule has 0 saturated heterocycles. The van der Waals surface area contributed by atoms with Crippen molar-refractivity contribution in [2.24, 2.45) is 0 Å². The van der Waals surface area contributed by atoms with Crippen molar-refractivity contribution in [2.45, 2.75) is 24.3 Å². The highest BCUT2D eigenvalue weighted by atomic mass is 79.9. The van der Waals surface area contributed by atoms with Crippen LogP contribution in [0.3, 0.4) is 0 Å². The van der Waals surface area contributed by atoms with Gasteiger partial charge in [0.1, 0.15) is 0 Å². The van der Waals surface area contributed by atoms with Crippen LogP contribution in [0.5, 0.6) is 0 Å². The molecule has 5 nitrogen and oxygen atoms in total. The minimum absolute atomic E-state index is 0.00657. The first kappa shape index (κ1) is 18.7. The summed E-state index contributed by atoms with van der Waals surface area (Å²) >= 11 is 4.67. The maximum Gasteiger partial charge on any atom is 0.277 e. The number of amides is 1. The normalized spacial score (nSPS) is 12.0. The molecule has 1 unspecified atom stereocenters. The smallest absolute Gasteiger partial charge is 0.277 e. The predicted molar refractivity (Wildman–Crippen MR) is 107 cm³/mol. The van der Waals surface area contributed by atoms with Crippen molar-refractivity contribution in [1.29, 1.82) is 0 Å². The number of carbonyl (C=O) groups is 1. The summed E-state index contributed by atoms with van der Waals surface area (Å²) in [6.07, 6.45) is 0. The van der Waals surface area contributed by atoms with E-state index in [4.69, 9.17) is 4.42 Å². The molecule has 0 saturated carbocycles. The average molecular weight is 432 g/mol. The van der Waals surface area contributed by atoms with Gasteiger partial charge in [0.25, 0.3) is 5.22 Å². The number of hydrogen-bond donors (Lipinski definition) is 0. The van der Waals surface area contributed by atoms with Crippen molar-refractivity contribution >= 4 is 39.3 Å². The minimum atomic E-state index is -0.339. The van der Waals surface area contributed by atoms with Crippen LogP contribution < -0.4 is 4.90 Å². The molecule has 0 aliphatic carbocycles. The Balaban J connectivity index is 1.70. The average Bonchev–Trinajstić information content (AvgIpc) is 3.12. The summed E-state index contributed by atoms with van der Waals surface area (Å²) in [4.78, 5) is 14.6. The molecule has 0 spiro atoms. The third-order valence-corrected chi connectivity index (χ3v) is 5.22. The second-order valence-electron chi connectivity index (χ2n) is 5.56. The van der Waals surface area contributed by atoms with Gasteiger partial charge in [0.05, 0.1) is 5.25 Å². The second-order valence-corrected chi connectivity index (χ2v) is 7.77. The van der Waals surface area contributed by atoms with Gasteiger partial charge in [0.2, 0.25) is 11.8 Å². The Labute approximate surface area is 164 Å². The lowest BCUT2D eigenvalue weighted by Gasteiger charge is -2.23. The SMILES string of the molecule is CCN(C(=O)C(C)Sc1nnc(-c2ccc(Br)cc2)o1)c1ccccc1. The van der Waals surface area contributed by atoms with Gasteiger partial charge in [-0.05, 0) is 50.2 Å². The van der Waals surface area contributed by atoms with Crippen molar-refractivity contribution < 1.29 is 9.21 Å². The van der Waals surface area contributed by atoms with E-state index < -0.39 is 0 Å². The third-order valence-electron chi connectivity index (χ3n) is 3.77. The molecular formula is C19H18BrN3O2S. The van der Waals surface area contributed by atoms with E-state index in [2.05, 4.69) is 26.1 Å². The van der Waals surface area contributed by atoms with E-state index in [1.54, 1.807) is 4.90 Å². The van der Waals surface area contributed by atoms with Gasteiger partial charge in [-0.1, -0.05) is 45.9 Å². The van der Waals surface area contributed by atoms with Gasteiger partial charge < -0.3 is 9.32 Å². The number of rotatable bonds is 6. The number of hydrogen-bond acceptors (Lipinski definition) is 5. The Bertz CT molecular complexity index is 868. The molecule has 0 aliphatic heterocycles. The summed E-state index contributed by atoms with van der Waals surface area (Å²) < 4.78 is 6.69. The Morgan fingerprint density at radius 2 is 1.85 bits per heavy atom. The van der Waals surface area contributed by atoms with Gasteiger partial charge in [0.15, 0.2) is 0 Å². The van der Waals surface area contributed by atoms with Gasteiger partial charge in [-0.3, -0.25) is 4.79 Å². The zero-order chi connectivity index (χ0) is 18.5. The second kappa shape index (κ2) is 8.51. The number of thioether (sulfide) groups is 1. The first-order valence-electron chi connectivity index (χ1n) is 8.21. The lowest BCUT2D eigenvalue weighted by atomic mass is 10.2. The summed E-state index contributed by atoms with van der Waals surface area (Å²) in [5, 5.41) is 8.18. The Morgan fingerprint density at radius 3 is 2.50 bits per heavy atom. The monoisotopic (exact) mass is 431 g/mol. The van der Waals surface area contributed by atoms with Crippen LogP contribution in [0.4, 0.5) is 5.69 Å². The molecular weight excluding hydrogens is 414 g/mol. The molecule has 7 heteroatoms. The Hall–Kier alpha value is -2.12. The molecule has 0 N–H and O–H groups in total. The molecule has 134 valence electrons. The zero-order valence-corrected chi connectivity index (χ0v) is 16.8. The topological polar surface area (TPSA) is 59.2 Å². The van der Waals surface area contributed by atoms with Crippen LogP contribution in [0.1, 0.15) is 13.8 Å². The minimum Gasteiger partial charge on any atom is -0.411 e. The van der Waals surface area contributed by atoms with Gasteiger partial charge >= 0.3 is 0 Å². The van der Waals surface area contributed by atoms with Crippen molar-refractivity contribution in [3.05, 3.63) is 59.1 Å². The van der Waals surface area contributed by atoms with Crippen LogP contribution in [0, 0.1) is 0 Å². The fraction of sp³-hybridized carbons (Fsp3) is 0.211. The zero-order valence-electron chi connectivity index (χ0n) is 14.4. The van der Waals surface area contributed by atoms with Crippen LogP contribution in [-0.2, 0) is 4.79 Å². The predicted octanol–water partition coefficient (Wildman–Crippen LogP) is 5.03. The van der Waals surface area contributed by atoms with Crippen LogP contribution in [0.25, 0.3) is 11.5 Å². The summed E-state index contributed by atoms with van der Waals surface area (Å²) in [6.45, 7) is 4.41. The van der Waals surface area contributed by atoms with E-state index in [1.165, 1.54) is 11.8 Å². The molecule has 1 atom stereocenters. The van der Waals surface area contributed by atoms with Crippen molar-refractivity contribution in [3.63, 3.8) is 0 Å². The van der Waals surface area contributed by atoms with Crippen molar-refractivity contribution in [1.82, 2.24) is 10.2 Å². The number of para-hydroxylation sites is 1. The first-order chi connectivity index (χ1) is 12.6. The molecule has 1 amide bonds. The van der Waals surface area contributed by atoms with Crippen LogP contribution >= 0.6 is 27.7 Å². The summed E-state index contributed by atoms with van der Waals surface area (Å²) in [5.74, 6) is 0.446. The summed E-state index contributed by atoms with van der Waals surface area (Å²) in [6, 6.07) is 17.3. The third kappa shape index (κ3) is 4.34. The highest BCUT2D eigenvalue weighted by molar-refractivity contribution is 9.10. The molecule has 0 radical (unpaired) electrons. The number of anilines is 1. The van der Waals surface area contributed by atoms with Crippen molar-refractivity contribution in [2.75, 3.05) is 11.4 Å². The molecule has 0 fully saturated rings. The molecule has 3 aromatic rings. The van der Waals surface area contributed by atoms with E-state index >= 15 is 0 Å². The standard InChI is InChI=1S/C19H18BrN3O2S/c1-3-23(16-7-5-4-6-8-16)18(24)13(2)26-19-22-21-17(25-19)14-9-11-15(20)12-10-14/h4-13H,3H2,1-2H3. The lowest BCUT2D eigenvalue weighted by Crippen LogP contribution is -2.36. The summed E-state index contributed by atoms with van der Waals surface area (Å²) in [7, 11) is 0. The van der Waals surface area contributed by atoms with Gasteiger partial charge in [-0.25, -0.2) is 0 Å². The summed E-state index contributed by atoms with van der Waals surface area (Å²) in [5.41, 5.74) is 1.72. The van der Waals surface area contributed by atoms with E-state index in [0.717, 1.165) is 15.7 Å². The van der Waals surface area contributed by atoms with Crippen molar-refractivity contribution in [3.8, 4) is 11.5 Å². The van der Waals surface area contributed by atoms with Gasteiger partial charge in [0, 0.05) is 22.3 Å². The maximum atomic E-state index is 12.8. The number of aromatic nitrogens is 2. The first-order valence-corrected chi connectivity index (χ1v) is 9.88. The van der Waals surface area contributed by atoms with E-state index in [0.29, 0.717) is 17.7 Å². The fourth-order valence-electron chi connectivity index (χ4n) is 2.46. The molecule has 26 heavy (non-hydrogen) atoms. The van der Waals surface area contributed by atoms with Crippen LogP contribution in [-0.4, -0.2) is 27.9 Å². The molecule has 1 heterocycles. The highest BCUT2D eigenvalue weighted by Crippen LogP contribution is 2.28. The van der Waals surface area contributed by atoms with Gasteiger partial charge in [-0.15, -0.1) is 10.2 Å².